The molecule has 3 rings (SSSR count). The van der Waals surface area contributed by atoms with Gasteiger partial charge in [-0.3, -0.25) is 4.79 Å². The molecular weight excluding hydrogens is 448 g/mol. The number of allylic oxidation sites excluding steroid dienone is 3. The monoisotopic (exact) mass is 486 g/mol. The smallest absolute Gasteiger partial charge is 0.347 e. The number of carboxylic acids is 1. The summed E-state index contributed by atoms with van der Waals surface area (Å²) in [5.41, 5.74) is 1.16. The van der Waals surface area contributed by atoms with Crippen LogP contribution in [0, 0.1) is 17.8 Å². The zero-order chi connectivity index (χ0) is 25.4. The van der Waals surface area contributed by atoms with Crippen molar-refractivity contribution in [2.45, 2.75) is 83.2 Å². The van der Waals surface area contributed by atoms with E-state index in [1.807, 2.05) is 37.3 Å². The standard InChI is InChI=1S/C28H38O7/c1-3-24(34-22-9-5-4-6-10-22)28(33)35-25-11-7-8-19-13-12-18(2)23(27(19)25)15-14-20(29)16-21(30)17-26(31)32/h4-6,8-10,12-13,18,20-21,23-25,27,29-30H,3,7,11,14-17H2,1-2H3,(H,31,32). The summed E-state index contributed by atoms with van der Waals surface area (Å²) in [7, 11) is 0. The minimum absolute atomic E-state index is 0.0260. The van der Waals surface area contributed by atoms with E-state index in [9.17, 15) is 19.8 Å². The maximum atomic E-state index is 13.1. The van der Waals surface area contributed by atoms with Crippen LogP contribution in [0.2, 0.25) is 0 Å². The summed E-state index contributed by atoms with van der Waals surface area (Å²) in [5, 5.41) is 29.1. The molecule has 0 radical (unpaired) electrons. The van der Waals surface area contributed by atoms with Gasteiger partial charge in [0, 0.05) is 5.92 Å². The van der Waals surface area contributed by atoms with Gasteiger partial charge in [-0.2, -0.15) is 0 Å². The molecule has 0 aliphatic heterocycles. The summed E-state index contributed by atoms with van der Waals surface area (Å²) in [5.74, 6) is -0.398. The quantitative estimate of drug-likeness (QED) is 0.378. The van der Waals surface area contributed by atoms with Gasteiger partial charge in [-0.25, -0.2) is 4.79 Å². The van der Waals surface area contributed by atoms with E-state index in [1.54, 1.807) is 0 Å². The Morgan fingerprint density at radius 1 is 1.14 bits per heavy atom. The number of ether oxygens (including phenoxy) is 2. The van der Waals surface area contributed by atoms with Gasteiger partial charge in [-0.1, -0.05) is 50.3 Å². The minimum atomic E-state index is -1.08. The molecular formula is C28H38O7. The van der Waals surface area contributed by atoms with E-state index in [1.165, 1.54) is 0 Å². The Kier molecular flexibility index (Phi) is 9.93. The molecule has 0 fully saturated rings. The number of para-hydroxylation sites is 1. The molecule has 0 bridgehead atoms. The first-order chi connectivity index (χ1) is 16.8. The topological polar surface area (TPSA) is 113 Å². The Morgan fingerprint density at radius 2 is 1.89 bits per heavy atom. The Morgan fingerprint density at radius 3 is 2.57 bits per heavy atom. The molecule has 192 valence electrons. The molecule has 0 spiro atoms. The third-order valence-electron chi connectivity index (χ3n) is 7.06. The third-order valence-corrected chi connectivity index (χ3v) is 7.06. The number of benzene rings is 1. The second kappa shape index (κ2) is 12.9. The molecule has 35 heavy (non-hydrogen) atoms. The number of carbonyl (C=O) groups excluding carboxylic acids is 1. The number of hydrogen-bond acceptors (Lipinski definition) is 6. The number of aliphatic hydroxyl groups is 2. The first-order valence-corrected chi connectivity index (χ1v) is 12.7. The van der Waals surface area contributed by atoms with Gasteiger partial charge in [0.25, 0.3) is 0 Å². The fraction of sp³-hybridized carbons (Fsp3) is 0.571. The van der Waals surface area contributed by atoms with Gasteiger partial charge in [-0.15, -0.1) is 0 Å². The average molecular weight is 487 g/mol. The molecule has 3 N–H and O–H groups in total. The van der Waals surface area contributed by atoms with Crippen molar-refractivity contribution in [1.82, 2.24) is 0 Å². The van der Waals surface area contributed by atoms with Crippen molar-refractivity contribution in [1.29, 1.82) is 0 Å². The van der Waals surface area contributed by atoms with Crippen LogP contribution >= 0.6 is 0 Å². The van der Waals surface area contributed by atoms with Crippen LogP contribution in [-0.4, -0.2) is 51.7 Å². The number of carboxylic acid groups (broad SMARTS) is 1. The van der Waals surface area contributed by atoms with E-state index in [0.717, 1.165) is 18.4 Å². The van der Waals surface area contributed by atoms with Crippen molar-refractivity contribution in [3.05, 3.63) is 54.1 Å². The van der Waals surface area contributed by atoms with Gasteiger partial charge in [0.15, 0.2) is 6.10 Å². The Labute approximate surface area is 207 Å². The summed E-state index contributed by atoms with van der Waals surface area (Å²) in [6, 6.07) is 9.26. The summed E-state index contributed by atoms with van der Waals surface area (Å²) >= 11 is 0. The van der Waals surface area contributed by atoms with Crippen molar-refractivity contribution in [3.8, 4) is 5.75 Å². The van der Waals surface area contributed by atoms with Gasteiger partial charge in [0.1, 0.15) is 11.9 Å². The SMILES string of the molecule is CCC(Oc1ccccc1)C(=O)OC1CCC=C2C=CC(C)C(CCC(O)CC(O)CC(=O)O)C21. The number of carbonyl (C=O) groups is 2. The Balaban J connectivity index is 1.65. The van der Waals surface area contributed by atoms with Crippen LogP contribution in [0.15, 0.2) is 54.1 Å². The molecule has 1 aromatic carbocycles. The van der Waals surface area contributed by atoms with Crippen LogP contribution in [0.1, 0.15) is 58.8 Å². The van der Waals surface area contributed by atoms with E-state index >= 15 is 0 Å². The van der Waals surface area contributed by atoms with Crippen LogP contribution in [0.4, 0.5) is 0 Å². The van der Waals surface area contributed by atoms with Crippen molar-refractivity contribution in [2.75, 3.05) is 0 Å². The van der Waals surface area contributed by atoms with Gasteiger partial charge < -0.3 is 24.8 Å². The zero-order valence-corrected chi connectivity index (χ0v) is 20.6. The molecule has 7 atom stereocenters. The molecule has 7 unspecified atom stereocenters. The Bertz CT molecular complexity index is 894. The molecule has 2 aliphatic carbocycles. The number of rotatable bonds is 12. The summed E-state index contributed by atoms with van der Waals surface area (Å²) in [6.45, 7) is 4.03. The number of hydrogen-bond donors (Lipinski definition) is 3. The van der Waals surface area contributed by atoms with Crippen LogP contribution in [-0.2, 0) is 14.3 Å². The predicted octanol–water partition coefficient (Wildman–Crippen LogP) is 4.28. The predicted molar refractivity (Wildman–Crippen MR) is 132 cm³/mol. The van der Waals surface area contributed by atoms with Crippen molar-refractivity contribution in [3.63, 3.8) is 0 Å². The van der Waals surface area contributed by atoms with Gasteiger partial charge in [-0.05, 0) is 68.1 Å². The van der Waals surface area contributed by atoms with Crippen molar-refractivity contribution < 1.29 is 34.4 Å². The molecule has 2 aliphatic rings. The number of aliphatic hydroxyl groups excluding tert-OH is 2. The maximum Gasteiger partial charge on any atom is 0.347 e. The molecule has 0 amide bonds. The van der Waals surface area contributed by atoms with E-state index in [0.29, 0.717) is 25.0 Å². The molecule has 0 saturated carbocycles. The first kappa shape index (κ1) is 27.0. The lowest BCUT2D eigenvalue weighted by Crippen LogP contribution is -2.42. The van der Waals surface area contributed by atoms with Gasteiger partial charge >= 0.3 is 11.9 Å². The average Bonchev–Trinajstić information content (AvgIpc) is 2.82. The molecule has 0 saturated heterocycles. The van der Waals surface area contributed by atoms with E-state index in [-0.39, 0.29) is 42.7 Å². The van der Waals surface area contributed by atoms with Crippen LogP contribution in [0.25, 0.3) is 0 Å². The lowest BCUT2D eigenvalue weighted by molar-refractivity contribution is -0.162. The highest BCUT2D eigenvalue weighted by Crippen LogP contribution is 2.44. The number of esters is 1. The number of fused-ring (bicyclic) bond motifs is 1. The molecule has 7 heteroatoms. The normalized spacial score (nSPS) is 26.1. The largest absolute Gasteiger partial charge is 0.481 e. The highest BCUT2D eigenvalue weighted by molar-refractivity contribution is 5.75. The second-order valence-electron chi connectivity index (χ2n) is 9.71. The molecule has 0 aromatic heterocycles. The molecule has 7 nitrogen and oxygen atoms in total. The summed E-state index contributed by atoms with van der Waals surface area (Å²) < 4.78 is 12.0. The van der Waals surface area contributed by atoms with Gasteiger partial charge in [0.05, 0.1) is 18.6 Å². The fourth-order valence-corrected chi connectivity index (χ4v) is 5.24. The highest BCUT2D eigenvalue weighted by Gasteiger charge is 2.40. The van der Waals surface area contributed by atoms with E-state index in [4.69, 9.17) is 14.6 Å². The summed E-state index contributed by atoms with van der Waals surface area (Å²) in [4.78, 5) is 23.9. The minimum Gasteiger partial charge on any atom is -0.481 e. The fourth-order valence-electron chi connectivity index (χ4n) is 5.24. The number of aliphatic carboxylic acids is 1. The van der Waals surface area contributed by atoms with Crippen LogP contribution in [0.5, 0.6) is 5.75 Å². The van der Waals surface area contributed by atoms with Crippen LogP contribution < -0.4 is 4.74 Å². The molecule has 1 aromatic rings. The lowest BCUT2D eigenvalue weighted by atomic mass is 9.66. The third kappa shape index (κ3) is 7.67. The van der Waals surface area contributed by atoms with Crippen molar-refractivity contribution >= 4 is 11.9 Å². The van der Waals surface area contributed by atoms with Crippen molar-refractivity contribution in [2.24, 2.45) is 17.8 Å². The summed E-state index contributed by atoms with van der Waals surface area (Å²) in [6.07, 6.45) is 6.51. The van der Waals surface area contributed by atoms with Gasteiger partial charge in [0.2, 0.25) is 0 Å². The van der Waals surface area contributed by atoms with E-state index in [2.05, 4.69) is 25.2 Å². The van der Waals surface area contributed by atoms with Crippen LogP contribution in [0.3, 0.4) is 0 Å². The van der Waals surface area contributed by atoms with E-state index < -0.39 is 24.3 Å². The lowest BCUT2D eigenvalue weighted by Gasteiger charge is -2.42. The Hall–Kier alpha value is -2.64. The first-order valence-electron chi connectivity index (χ1n) is 12.7. The zero-order valence-electron chi connectivity index (χ0n) is 20.6. The second-order valence-corrected chi connectivity index (χ2v) is 9.71. The highest BCUT2D eigenvalue weighted by atomic mass is 16.6. The maximum absolute atomic E-state index is 13.1. The molecule has 0 heterocycles.